The summed E-state index contributed by atoms with van der Waals surface area (Å²) in [6.45, 7) is 2.53. The van der Waals surface area contributed by atoms with E-state index < -0.39 is 0 Å². The second kappa shape index (κ2) is 6.63. The van der Waals surface area contributed by atoms with Crippen LogP contribution in [-0.2, 0) is 6.54 Å². The Morgan fingerprint density at radius 3 is 2.79 bits per heavy atom. The average molecular weight is 343 g/mol. The number of aromatic nitrogens is 2. The molecule has 124 valence electrons. The second-order valence-electron chi connectivity index (χ2n) is 5.99. The van der Waals surface area contributed by atoms with E-state index in [2.05, 4.69) is 10.3 Å². The van der Waals surface area contributed by atoms with Gasteiger partial charge in [-0.05, 0) is 56.9 Å². The number of halogens is 1. The van der Waals surface area contributed by atoms with Gasteiger partial charge in [0.15, 0.2) is 5.69 Å². The van der Waals surface area contributed by atoms with E-state index in [9.17, 15) is 4.79 Å². The van der Waals surface area contributed by atoms with Crippen LogP contribution < -0.4 is 5.32 Å². The number of pyridine rings is 1. The molecule has 0 radical (unpaired) electrons. The number of nitrogens with zero attached hydrogens (tertiary/aromatic N) is 3. The number of anilines is 1. The zero-order chi connectivity index (χ0) is 17.3. The van der Waals surface area contributed by atoms with Crippen LogP contribution in [0, 0.1) is 6.92 Å². The highest BCUT2D eigenvalue weighted by atomic mass is 35.5. The van der Waals surface area contributed by atoms with Crippen LogP contribution in [0.3, 0.4) is 0 Å². The fourth-order valence-corrected chi connectivity index (χ4v) is 2.85. The first-order valence-electron chi connectivity index (χ1n) is 7.64. The summed E-state index contributed by atoms with van der Waals surface area (Å²) in [5, 5.41) is 3.58. The van der Waals surface area contributed by atoms with Gasteiger partial charge in [-0.25, -0.2) is 4.98 Å². The van der Waals surface area contributed by atoms with E-state index in [1.807, 2.05) is 60.8 Å². The minimum Gasteiger partial charge on any atom is -0.320 e. The van der Waals surface area contributed by atoms with Crippen molar-refractivity contribution in [3.63, 3.8) is 0 Å². The van der Waals surface area contributed by atoms with Crippen molar-refractivity contribution in [2.24, 2.45) is 0 Å². The topological polar surface area (TPSA) is 49.6 Å². The molecule has 0 aliphatic carbocycles. The monoisotopic (exact) mass is 342 g/mol. The molecule has 6 heteroatoms. The van der Waals surface area contributed by atoms with Crippen LogP contribution in [0.1, 0.15) is 21.7 Å². The van der Waals surface area contributed by atoms with Crippen LogP contribution in [0.25, 0.3) is 5.65 Å². The normalized spacial score (nSPS) is 11.2. The van der Waals surface area contributed by atoms with Crippen molar-refractivity contribution in [2.75, 3.05) is 19.4 Å². The number of aryl methyl sites for hydroxylation is 1. The first-order chi connectivity index (χ1) is 11.5. The highest BCUT2D eigenvalue weighted by Crippen LogP contribution is 2.21. The fraction of sp³-hybridized carbons (Fsp3) is 0.222. The molecule has 0 fully saturated rings. The zero-order valence-corrected chi connectivity index (χ0v) is 14.6. The summed E-state index contributed by atoms with van der Waals surface area (Å²) in [5.74, 6) is -0.221. The molecule has 24 heavy (non-hydrogen) atoms. The van der Waals surface area contributed by atoms with E-state index in [1.165, 1.54) is 0 Å². The van der Waals surface area contributed by atoms with Gasteiger partial charge >= 0.3 is 0 Å². The number of amides is 1. The van der Waals surface area contributed by atoms with E-state index in [4.69, 9.17) is 11.6 Å². The molecule has 0 unspecified atom stereocenters. The van der Waals surface area contributed by atoms with Gasteiger partial charge in [-0.15, -0.1) is 0 Å². The molecule has 2 aromatic heterocycles. The minimum absolute atomic E-state index is 0.221. The van der Waals surface area contributed by atoms with Crippen molar-refractivity contribution < 1.29 is 4.79 Å². The van der Waals surface area contributed by atoms with Gasteiger partial charge in [0.2, 0.25) is 0 Å². The van der Waals surface area contributed by atoms with Gasteiger partial charge in [0.25, 0.3) is 5.91 Å². The smallest absolute Gasteiger partial charge is 0.276 e. The predicted molar refractivity (Wildman–Crippen MR) is 96.7 cm³/mol. The molecule has 0 aliphatic heterocycles. The van der Waals surface area contributed by atoms with E-state index in [0.717, 1.165) is 22.6 Å². The molecule has 3 rings (SSSR count). The molecule has 1 N–H and O–H groups in total. The number of nitrogens with one attached hydrogen (secondary N) is 1. The summed E-state index contributed by atoms with van der Waals surface area (Å²) in [6.07, 6.45) is 1.92. The molecular weight excluding hydrogens is 324 g/mol. The van der Waals surface area contributed by atoms with Gasteiger partial charge < -0.3 is 14.6 Å². The standard InChI is InChI=1S/C18H19ClN4O/c1-12-10-13(19)7-8-14(12)20-18(24)17-15(11-22(2)3)23-9-5-4-6-16(23)21-17/h4-10H,11H2,1-3H3,(H,20,24). The lowest BCUT2D eigenvalue weighted by atomic mass is 10.2. The van der Waals surface area contributed by atoms with Gasteiger partial charge in [0, 0.05) is 23.5 Å². The Labute approximate surface area is 145 Å². The van der Waals surface area contributed by atoms with Gasteiger partial charge in [-0.1, -0.05) is 17.7 Å². The van der Waals surface area contributed by atoms with Gasteiger partial charge in [-0.2, -0.15) is 0 Å². The Morgan fingerprint density at radius 1 is 1.29 bits per heavy atom. The lowest BCUT2D eigenvalue weighted by Crippen LogP contribution is -2.19. The third-order valence-corrected chi connectivity index (χ3v) is 3.98. The fourth-order valence-electron chi connectivity index (χ4n) is 2.63. The van der Waals surface area contributed by atoms with Crippen molar-refractivity contribution in [1.82, 2.24) is 14.3 Å². The largest absolute Gasteiger partial charge is 0.320 e. The van der Waals surface area contributed by atoms with Gasteiger partial charge in [0.1, 0.15) is 5.65 Å². The summed E-state index contributed by atoms with van der Waals surface area (Å²) < 4.78 is 1.95. The Bertz CT molecular complexity index is 901. The Kier molecular flexibility index (Phi) is 4.55. The lowest BCUT2D eigenvalue weighted by molar-refractivity contribution is 0.102. The summed E-state index contributed by atoms with van der Waals surface area (Å²) in [6, 6.07) is 11.1. The van der Waals surface area contributed by atoms with Crippen molar-refractivity contribution in [2.45, 2.75) is 13.5 Å². The SMILES string of the molecule is Cc1cc(Cl)ccc1NC(=O)c1nc2ccccn2c1CN(C)C. The number of fused-ring (bicyclic) bond motifs is 1. The quantitative estimate of drug-likeness (QED) is 0.788. The molecule has 3 aromatic rings. The molecule has 2 heterocycles. The van der Waals surface area contributed by atoms with Crippen LogP contribution in [-0.4, -0.2) is 34.3 Å². The maximum atomic E-state index is 12.8. The zero-order valence-electron chi connectivity index (χ0n) is 13.9. The maximum absolute atomic E-state index is 12.8. The molecule has 0 bridgehead atoms. The lowest BCUT2D eigenvalue weighted by Gasteiger charge is -2.12. The number of carbonyl (C=O) groups excluding carboxylic acids is 1. The number of benzene rings is 1. The molecule has 1 amide bonds. The van der Waals surface area contributed by atoms with Gasteiger partial charge in [0.05, 0.1) is 5.69 Å². The summed E-state index contributed by atoms with van der Waals surface area (Å²) in [4.78, 5) is 19.3. The Balaban J connectivity index is 1.99. The third kappa shape index (κ3) is 3.27. The molecular formula is C18H19ClN4O. The van der Waals surface area contributed by atoms with Crippen LogP contribution in [0.4, 0.5) is 5.69 Å². The minimum atomic E-state index is -0.221. The number of hydrogen-bond donors (Lipinski definition) is 1. The molecule has 0 atom stereocenters. The van der Waals surface area contributed by atoms with Crippen molar-refractivity contribution in [3.8, 4) is 0 Å². The van der Waals surface area contributed by atoms with E-state index in [-0.39, 0.29) is 5.91 Å². The van der Waals surface area contributed by atoms with Crippen molar-refractivity contribution in [1.29, 1.82) is 0 Å². The summed E-state index contributed by atoms with van der Waals surface area (Å²) in [7, 11) is 3.93. The van der Waals surface area contributed by atoms with Crippen LogP contribution in [0.15, 0.2) is 42.6 Å². The first-order valence-corrected chi connectivity index (χ1v) is 8.01. The van der Waals surface area contributed by atoms with Gasteiger partial charge in [-0.3, -0.25) is 4.79 Å². The first kappa shape index (κ1) is 16.5. The second-order valence-corrected chi connectivity index (χ2v) is 6.42. The van der Waals surface area contributed by atoms with Crippen LogP contribution in [0.2, 0.25) is 5.02 Å². The van der Waals surface area contributed by atoms with Crippen molar-refractivity contribution >= 4 is 28.8 Å². The van der Waals surface area contributed by atoms with Crippen LogP contribution in [0.5, 0.6) is 0 Å². The highest BCUT2D eigenvalue weighted by molar-refractivity contribution is 6.30. The Hall–Kier alpha value is -2.37. The van der Waals surface area contributed by atoms with Crippen molar-refractivity contribution in [3.05, 3.63) is 64.6 Å². The average Bonchev–Trinajstić information content (AvgIpc) is 2.88. The molecule has 0 aliphatic rings. The third-order valence-electron chi connectivity index (χ3n) is 3.75. The molecule has 0 spiro atoms. The summed E-state index contributed by atoms with van der Waals surface area (Å²) in [5.41, 5.74) is 3.70. The molecule has 0 saturated carbocycles. The van der Waals surface area contributed by atoms with E-state index >= 15 is 0 Å². The molecule has 5 nitrogen and oxygen atoms in total. The van der Waals surface area contributed by atoms with E-state index in [0.29, 0.717) is 17.3 Å². The molecule has 0 saturated heterocycles. The number of rotatable bonds is 4. The number of carbonyl (C=O) groups is 1. The van der Waals surface area contributed by atoms with E-state index in [1.54, 1.807) is 12.1 Å². The Morgan fingerprint density at radius 2 is 2.08 bits per heavy atom. The highest BCUT2D eigenvalue weighted by Gasteiger charge is 2.19. The summed E-state index contributed by atoms with van der Waals surface area (Å²) >= 11 is 5.97. The number of hydrogen-bond acceptors (Lipinski definition) is 3. The maximum Gasteiger partial charge on any atom is 0.276 e. The van der Waals surface area contributed by atoms with Crippen LogP contribution >= 0.6 is 11.6 Å². The predicted octanol–water partition coefficient (Wildman–Crippen LogP) is 3.61. The molecule has 1 aromatic carbocycles. The number of imidazole rings is 1.